The van der Waals surface area contributed by atoms with Gasteiger partial charge in [0.2, 0.25) is 10.0 Å². The number of sulfonamides is 1. The minimum absolute atomic E-state index is 0.0330. The lowest BCUT2D eigenvalue weighted by atomic mass is 9.71. The second kappa shape index (κ2) is 22.4. The molecule has 0 bridgehead atoms. The van der Waals surface area contributed by atoms with Crippen LogP contribution in [0.4, 0.5) is 0 Å². The smallest absolute Gasteiger partial charge is 0.214 e. The van der Waals surface area contributed by atoms with Gasteiger partial charge in [0.15, 0.2) is 0 Å². The molecule has 1 aliphatic rings. The lowest BCUT2D eigenvalue weighted by Crippen LogP contribution is -2.32. The molecule has 44 heavy (non-hydrogen) atoms. The zero-order chi connectivity index (χ0) is 35.5. The SMILES string of the molecule is CC.CC(C)(C)C(C)(C)C.CC(C)NS(=O)(=O)C1CC1.CC(C)OCC/C=C/C(C)(C)C.CC(C)c1cccc(C(C)C)c1. The molecule has 0 amide bonds. The number of hydrogen-bond donors (Lipinski definition) is 1. The molecule has 0 aliphatic heterocycles. The number of allylic oxidation sites excluding steroid dienone is 1. The van der Waals surface area contributed by atoms with Crippen LogP contribution in [-0.4, -0.2) is 32.4 Å². The highest BCUT2D eigenvalue weighted by Crippen LogP contribution is 2.36. The van der Waals surface area contributed by atoms with E-state index >= 15 is 0 Å². The summed E-state index contributed by atoms with van der Waals surface area (Å²) in [6, 6.07) is 8.91. The summed E-state index contributed by atoms with van der Waals surface area (Å²) in [5.41, 5.74) is 4.07. The normalized spacial score (nSPS) is 13.9. The highest BCUT2D eigenvalue weighted by molar-refractivity contribution is 7.90. The molecule has 0 heterocycles. The Morgan fingerprint density at radius 1 is 0.795 bits per heavy atom. The number of rotatable bonds is 9. The fourth-order valence-electron chi connectivity index (χ4n) is 2.89. The minimum Gasteiger partial charge on any atom is -0.378 e. The summed E-state index contributed by atoms with van der Waals surface area (Å²) in [4.78, 5) is 0. The van der Waals surface area contributed by atoms with Crippen molar-refractivity contribution in [2.24, 2.45) is 16.2 Å². The maximum absolute atomic E-state index is 11.1. The van der Waals surface area contributed by atoms with Crippen molar-refractivity contribution >= 4 is 10.0 Å². The molecule has 1 aliphatic carbocycles. The van der Waals surface area contributed by atoms with Gasteiger partial charge in [-0.05, 0) is 86.2 Å². The lowest BCUT2D eigenvalue weighted by molar-refractivity contribution is 0.0825. The van der Waals surface area contributed by atoms with Crippen molar-refractivity contribution < 1.29 is 13.2 Å². The fraction of sp³-hybridized carbons (Fsp3) is 0.795. The topological polar surface area (TPSA) is 55.4 Å². The second-order valence-electron chi connectivity index (χ2n) is 16.0. The molecule has 0 saturated heterocycles. The van der Waals surface area contributed by atoms with Gasteiger partial charge in [-0.1, -0.05) is 140 Å². The Balaban J connectivity index is -0.000000505. The predicted molar refractivity (Wildman–Crippen MR) is 199 cm³/mol. The van der Waals surface area contributed by atoms with Crippen molar-refractivity contribution in [1.29, 1.82) is 0 Å². The molecule has 262 valence electrons. The maximum atomic E-state index is 11.1. The summed E-state index contributed by atoms with van der Waals surface area (Å²) in [5, 5.41) is -0.0881. The molecule has 4 nitrogen and oxygen atoms in total. The van der Waals surface area contributed by atoms with Gasteiger partial charge in [0, 0.05) is 6.04 Å². The fourth-order valence-corrected chi connectivity index (χ4v) is 4.50. The summed E-state index contributed by atoms with van der Waals surface area (Å²) >= 11 is 0. The molecule has 1 saturated carbocycles. The van der Waals surface area contributed by atoms with Crippen molar-refractivity contribution in [3.05, 3.63) is 47.5 Å². The number of nitrogens with one attached hydrogen (secondary N) is 1. The van der Waals surface area contributed by atoms with Crippen LogP contribution in [0.1, 0.15) is 174 Å². The minimum atomic E-state index is -2.94. The van der Waals surface area contributed by atoms with E-state index in [9.17, 15) is 8.42 Å². The van der Waals surface area contributed by atoms with Crippen molar-refractivity contribution in [2.75, 3.05) is 6.61 Å². The molecule has 0 radical (unpaired) electrons. The van der Waals surface area contributed by atoms with Crippen LogP contribution in [0, 0.1) is 16.2 Å². The average Bonchev–Trinajstić information content (AvgIpc) is 3.70. The average molecular weight is 640 g/mol. The van der Waals surface area contributed by atoms with Crippen LogP contribution in [0.25, 0.3) is 0 Å². The van der Waals surface area contributed by atoms with Crippen LogP contribution in [0.15, 0.2) is 36.4 Å². The van der Waals surface area contributed by atoms with Gasteiger partial charge in [-0.3, -0.25) is 0 Å². The molecular formula is C39H77NO3S. The van der Waals surface area contributed by atoms with Gasteiger partial charge in [0.25, 0.3) is 0 Å². The Hall–Kier alpha value is -1.17. The molecule has 0 unspecified atom stereocenters. The number of benzene rings is 1. The third-order valence-corrected chi connectivity index (χ3v) is 9.36. The Labute approximate surface area is 277 Å². The van der Waals surface area contributed by atoms with Crippen LogP contribution < -0.4 is 4.72 Å². The Morgan fingerprint density at radius 2 is 1.20 bits per heavy atom. The van der Waals surface area contributed by atoms with E-state index < -0.39 is 10.0 Å². The molecule has 0 atom stereocenters. The van der Waals surface area contributed by atoms with Gasteiger partial charge < -0.3 is 4.74 Å². The first-order valence-corrected chi connectivity index (χ1v) is 18.7. The van der Waals surface area contributed by atoms with E-state index in [0.717, 1.165) is 25.9 Å². The Kier molecular flexibility index (Phi) is 24.0. The molecule has 5 heteroatoms. The van der Waals surface area contributed by atoms with Crippen molar-refractivity contribution in [3.63, 3.8) is 0 Å². The molecule has 1 N–H and O–H groups in total. The summed E-state index contributed by atoms with van der Waals surface area (Å²) in [5.74, 6) is 1.28. The second-order valence-corrected chi connectivity index (χ2v) is 18.0. The third kappa shape index (κ3) is 27.2. The molecule has 1 aromatic rings. The van der Waals surface area contributed by atoms with E-state index in [0.29, 0.717) is 34.2 Å². The summed E-state index contributed by atoms with van der Waals surface area (Å²) in [7, 11) is -2.94. The number of hydrogen-bond acceptors (Lipinski definition) is 3. The highest BCUT2D eigenvalue weighted by Gasteiger charge is 2.35. The zero-order valence-corrected chi connectivity index (χ0v) is 33.6. The quantitative estimate of drug-likeness (QED) is 0.216. The monoisotopic (exact) mass is 640 g/mol. The lowest BCUT2D eigenvalue weighted by Gasteiger charge is -2.34. The first-order valence-electron chi connectivity index (χ1n) is 17.2. The first-order chi connectivity index (χ1) is 19.8. The maximum Gasteiger partial charge on any atom is 0.214 e. The third-order valence-electron chi connectivity index (χ3n) is 7.21. The van der Waals surface area contributed by atoms with Gasteiger partial charge in [-0.25, -0.2) is 13.1 Å². The van der Waals surface area contributed by atoms with E-state index in [4.69, 9.17) is 4.74 Å². The van der Waals surface area contributed by atoms with Gasteiger partial charge in [0.05, 0.1) is 18.0 Å². The van der Waals surface area contributed by atoms with Gasteiger partial charge in [-0.15, -0.1) is 0 Å². The van der Waals surface area contributed by atoms with Gasteiger partial charge >= 0.3 is 0 Å². The standard InChI is InChI=1S/C12H18.C11H22O.C8H18.C6H13NO2S.C2H6/c1-9(2)11-6-5-7-12(8-11)10(3)4;1-10(2)12-9-7-6-8-11(3,4)5;1-7(2,3)8(4,5)6;1-5(2)7-10(8,9)6-3-4-6;1-2/h5-10H,1-4H3;6,8,10H,7,9H2,1-5H3;1-6H3;5-7H,3-4H2,1-2H3;1-2H3/b;8-6+;;;. The van der Waals surface area contributed by atoms with E-state index in [1.54, 1.807) is 0 Å². The van der Waals surface area contributed by atoms with Crippen LogP contribution in [0.3, 0.4) is 0 Å². The summed E-state index contributed by atoms with van der Waals surface area (Å²) in [6.07, 6.45) is 7.48. The van der Waals surface area contributed by atoms with Crippen LogP contribution >= 0.6 is 0 Å². The Bertz CT molecular complexity index is 931. The van der Waals surface area contributed by atoms with E-state index in [-0.39, 0.29) is 11.3 Å². The predicted octanol–water partition coefficient (Wildman–Crippen LogP) is 11.9. The molecule has 0 spiro atoms. The first kappa shape index (κ1) is 47.2. The van der Waals surface area contributed by atoms with E-state index in [1.807, 2.05) is 27.7 Å². The molecule has 2 rings (SSSR count). The van der Waals surface area contributed by atoms with E-state index in [1.165, 1.54) is 11.1 Å². The van der Waals surface area contributed by atoms with Crippen LogP contribution in [-0.2, 0) is 14.8 Å². The Morgan fingerprint density at radius 3 is 1.48 bits per heavy atom. The van der Waals surface area contributed by atoms with Crippen molar-refractivity contribution in [3.8, 4) is 0 Å². The largest absolute Gasteiger partial charge is 0.378 e. The highest BCUT2D eigenvalue weighted by atomic mass is 32.2. The summed E-state index contributed by atoms with van der Waals surface area (Å²) < 4.78 is 30.1. The van der Waals surface area contributed by atoms with Gasteiger partial charge in [0.1, 0.15) is 0 Å². The molecule has 0 aromatic heterocycles. The van der Waals surface area contributed by atoms with Crippen LogP contribution in [0.2, 0.25) is 0 Å². The zero-order valence-electron chi connectivity index (χ0n) is 32.8. The van der Waals surface area contributed by atoms with Crippen molar-refractivity contribution in [1.82, 2.24) is 4.72 Å². The van der Waals surface area contributed by atoms with Crippen molar-refractivity contribution in [2.45, 2.75) is 180 Å². The molecule has 1 aromatic carbocycles. The number of ether oxygens (including phenoxy) is 1. The molecule has 1 fully saturated rings. The summed E-state index contributed by atoms with van der Waals surface area (Å²) in [6.45, 7) is 41.8. The van der Waals surface area contributed by atoms with Gasteiger partial charge in [-0.2, -0.15) is 0 Å². The van der Waals surface area contributed by atoms with E-state index in [2.05, 4.69) is 145 Å². The molecular weight excluding hydrogens is 563 g/mol. The van der Waals surface area contributed by atoms with Crippen LogP contribution in [0.5, 0.6) is 0 Å².